The standard InChI is InChI=1S/C20H19N5O/c1-26-18-9-5-2-6-13(18)19-14-12-21-11-10-17(14)25(24-19)20-22-15-7-3-4-8-16(15)23-20/h2-9,21H,10-12H2,1H3,(H,22,23). The maximum absolute atomic E-state index is 5.56. The van der Waals surface area contributed by atoms with Crippen molar-refractivity contribution in [2.24, 2.45) is 0 Å². The first kappa shape index (κ1) is 15.2. The first-order valence-electron chi connectivity index (χ1n) is 8.75. The van der Waals surface area contributed by atoms with E-state index in [0.29, 0.717) is 0 Å². The Morgan fingerprint density at radius 1 is 1.08 bits per heavy atom. The van der Waals surface area contributed by atoms with Crippen LogP contribution in [0.4, 0.5) is 0 Å². The molecule has 0 radical (unpaired) electrons. The minimum atomic E-state index is 0.755. The van der Waals surface area contributed by atoms with Gasteiger partial charge in [0.1, 0.15) is 11.4 Å². The average Bonchev–Trinajstić information content (AvgIpc) is 3.29. The number of ether oxygens (including phenoxy) is 1. The van der Waals surface area contributed by atoms with Gasteiger partial charge in [-0.15, -0.1) is 0 Å². The lowest BCUT2D eigenvalue weighted by molar-refractivity contribution is 0.416. The van der Waals surface area contributed by atoms with Crippen LogP contribution < -0.4 is 10.1 Å². The van der Waals surface area contributed by atoms with E-state index in [1.807, 2.05) is 47.1 Å². The minimum Gasteiger partial charge on any atom is -0.496 e. The molecule has 2 aromatic carbocycles. The second-order valence-corrected chi connectivity index (χ2v) is 6.39. The summed E-state index contributed by atoms with van der Waals surface area (Å²) in [6.07, 6.45) is 0.911. The number of nitrogens with one attached hydrogen (secondary N) is 2. The summed E-state index contributed by atoms with van der Waals surface area (Å²) >= 11 is 0. The SMILES string of the molecule is COc1ccccc1-c1nn(-c2nc3ccccc3[nH]2)c2c1CNCC2. The van der Waals surface area contributed by atoms with Gasteiger partial charge in [-0.3, -0.25) is 0 Å². The molecule has 0 saturated carbocycles. The van der Waals surface area contributed by atoms with Gasteiger partial charge in [0.25, 0.3) is 0 Å². The van der Waals surface area contributed by atoms with Crippen molar-refractivity contribution in [3.63, 3.8) is 0 Å². The van der Waals surface area contributed by atoms with E-state index in [0.717, 1.165) is 53.5 Å². The highest BCUT2D eigenvalue weighted by molar-refractivity contribution is 5.76. The monoisotopic (exact) mass is 345 g/mol. The summed E-state index contributed by atoms with van der Waals surface area (Å²) < 4.78 is 7.52. The Kier molecular flexibility index (Phi) is 3.50. The lowest BCUT2D eigenvalue weighted by Gasteiger charge is -2.15. The van der Waals surface area contributed by atoms with E-state index in [2.05, 4.69) is 16.4 Å². The summed E-state index contributed by atoms with van der Waals surface area (Å²) in [6.45, 7) is 1.73. The number of benzene rings is 2. The fourth-order valence-corrected chi connectivity index (χ4v) is 3.62. The molecule has 0 aliphatic carbocycles. The Bertz CT molecular complexity index is 1060. The number of H-pyrrole nitrogens is 1. The summed E-state index contributed by atoms with van der Waals surface area (Å²) in [5.74, 6) is 1.58. The Labute approximate surface area is 150 Å². The molecular formula is C20H19N5O. The van der Waals surface area contributed by atoms with Crippen LogP contribution >= 0.6 is 0 Å². The number of methoxy groups -OCH3 is 1. The van der Waals surface area contributed by atoms with Crippen molar-refractivity contribution >= 4 is 11.0 Å². The van der Waals surface area contributed by atoms with Crippen molar-refractivity contribution in [3.8, 4) is 23.0 Å². The number of aromatic nitrogens is 4. The van der Waals surface area contributed by atoms with Gasteiger partial charge < -0.3 is 15.0 Å². The van der Waals surface area contributed by atoms with Crippen LogP contribution in [0.2, 0.25) is 0 Å². The zero-order valence-electron chi connectivity index (χ0n) is 14.5. The fraction of sp³-hybridized carbons (Fsp3) is 0.200. The number of hydrogen-bond acceptors (Lipinski definition) is 4. The molecule has 1 aliphatic rings. The van der Waals surface area contributed by atoms with Gasteiger partial charge in [-0.1, -0.05) is 24.3 Å². The summed E-state index contributed by atoms with van der Waals surface area (Å²) in [4.78, 5) is 8.13. The topological polar surface area (TPSA) is 67.8 Å². The first-order chi connectivity index (χ1) is 12.8. The van der Waals surface area contributed by atoms with Gasteiger partial charge >= 0.3 is 0 Å². The molecule has 0 amide bonds. The van der Waals surface area contributed by atoms with Crippen LogP contribution in [0, 0.1) is 0 Å². The molecule has 0 atom stereocenters. The summed E-state index contributed by atoms with van der Waals surface area (Å²) in [6, 6.07) is 16.1. The van der Waals surface area contributed by atoms with Crippen LogP contribution in [-0.2, 0) is 13.0 Å². The van der Waals surface area contributed by atoms with Crippen LogP contribution in [0.5, 0.6) is 5.75 Å². The van der Waals surface area contributed by atoms with Crippen LogP contribution in [0.3, 0.4) is 0 Å². The van der Waals surface area contributed by atoms with Gasteiger partial charge in [0.2, 0.25) is 5.95 Å². The molecule has 0 saturated heterocycles. The first-order valence-corrected chi connectivity index (χ1v) is 8.75. The quantitative estimate of drug-likeness (QED) is 0.599. The zero-order chi connectivity index (χ0) is 17.5. The molecule has 0 unspecified atom stereocenters. The Morgan fingerprint density at radius 3 is 2.81 bits per heavy atom. The number of para-hydroxylation sites is 3. The number of rotatable bonds is 3. The van der Waals surface area contributed by atoms with Crippen LogP contribution in [0.25, 0.3) is 28.2 Å². The van der Waals surface area contributed by atoms with Crippen molar-refractivity contribution in [2.75, 3.05) is 13.7 Å². The molecule has 4 aromatic rings. The van der Waals surface area contributed by atoms with Gasteiger partial charge in [-0.05, 0) is 24.3 Å². The number of imidazole rings is 1. The maximum Gasteiger partial charge on any atom is 0.229 e. The van der Waals surface area contributed by atoms with E-state index in [9.17, 15) is 0 Å². The minimum absolute atomic E-state index is 0.755. The summed E-state index contributed by atoms with van der Waals surface area (Å²) in [5, 5.41) is 8.39. The van der Waals surface area contributed by atoms with Crippen molar-refractivity contribution < 1.29 is 4.74 Å². The molecular weight excluding hydrogens is 326 g/mol. The van der Waals surface area contributed by atoms with E-state index < -0.39 is 0 Å². The molecule has 2 aromatic heterocycles. The largest absolute Gasteiger partial charge is 0.496 e. The van der Waals surface area contributed by atoms with E-state index in [4.69, 9.17) is 14.8 Å². The smallest absolute Gasteiger partial charge is 0.229 e. The van der Waals surface area contributed by atoms with Crippen molar-refractivity contribution in [1.29, 1.82) is 0 Å². The normalized spacial score (nSPS) is 13.7. The Morgan fingerprint density at radius 2 is 1.92 bits per heavy atom. The van der Waals surface area contributed by atoms with Gasteiger partial charge in [-0.2, -0.15) is 5.10 Å². The molecule has 5 rings (SSSR count). The molecule has 0 spiro atoms. The number of nitrogens with zero attached hydrogens (tertiary/aromatic N) is 3. The van der Waals surface area contributed by atoms with Gasteiger partial charge in [0, 0.05) is 30.6 Å². The Hall–Kier alpha value is -3.12. The predicted octanol–water partition coefficient (Wildman–Crippen LogP) is 3.07. The molecule has 0 bridgehead atoms. The summed E-state index contributed by atoms with van der Waals surface area (Å²) in [7, 11) is 1.69. The third-order valence-electron chi connectivity index (χ3n) is 4.87. The van der Waals surface area contributed by atoms with Crippen LogP contribution in [0.15, 0.2) is 48.5 Å². The van der Waals surface area contributed by atoms with E-state index in [1.165, 1.54) is 11.3 Å². The molecule has 2 N–H and O–H groups in total. The van der Waals surface area contributed by atoms with E-state index in [1.54, 1.807) is 7.11 Å². The highest BCUT2D eigenvalue weighted by Gasteiger charge is 2.25. The molecule has 0 fully saturated rings. The molecule has 6 nitrogen and oxygen atoms in total. The lowest BCUT2D eigenvalue weighted by atomic mass is 10.0. The number of aromatic amines is 1. The second kappa shape index (κ2) is 6.00. The summed E-state index contributed by atoms with van der Waals surface area (Å²) in [5.41, 5.74) is 6.32. The average molecular weight is 345 g/mol. The maximum atomic E-state index is 5.56. The predicted molar refractivity (Wildman–Crippen MR) is 101 cm³/mol. The third kappa shape index (κ3) is 2.30. The van der Waals surface area contributed by atoms with E-state index in [-0.39, 0.29) is 0 Å². The highest BCUT2D eigenvalue weighted by Crippen LogP contribution is 2.34. The highest BCUT2D eigenvalue weighted by atomic mass is 16.5. The van der Waals surface area contributed by atoms with Gasteiger partial charge in [-0.25, -0.2) is 9.67 Å². The van der Waals surface area contributed by atoms with Crippen LogP contribution in [-0.4, -0.2) is 33.4 Å². The molecule has 26 heavy (non-hydrogen) atoms. The van der Waals surface area contributed by atoms with Crippen molar-refractivity contribution in [2.45, 2.75) is 13.0 Å². The Balaban J connectivity index is 1.73. The van der Waals surface area contributed by atoms with Crippen LogP contribution in [0.1, 0.15) is 11.3 Å². The number of hydrogen-bond donors (Lipinski definition) is 2. The lowest BCUT2D eigenvalue weighted by Crippen LogP contribution is -2.24. The second-order valence-electron chi connectivity index (χ2n) is 6.39. The van der Waals surface area contributed by atoms with Gasteiger partial charge in [0.05, 0.1) is 23.8 Å². The molecule has 130 valence electrons. The third-order valence-corrected chi connectivity index (χ3v) is 4.87. The van der Waals surface area contributed by atoms with E-state index >= 15 is 0 Å². The molecule has 6 heteroatoms. The fourth-order valence-electron chi connectivity index (χ4n) is 3.62. The van der Waals surface area contributed by atoms with Crippen molar-refractivity contribution in [1.82, 2.24) is 25.1 Å². The zero-order valence-corrected chi connectivity index (χ0v) is 14.5. The van der Waals surface area contributed by atoms with Gasteiger partial charge in [0.15, 0.2) is 0 Å². The van der Waals surface area contributed by atoms with Crippen molar-refractivity contribution in [3.05, 3.63) is 59.8 Å². The molecule has 3 heterocycles. The number of fused-ring (bicyclic) bond motifs is 2. The molecule has 1 aliphatic heterocycles.